The first kappa shape index (κ1) is 10.7. The number of likely N-dealkylation sites (tertiary alicyclic amines) is 1. The highest BCUT2D eigenvalue weighted by Gasteiger charge is 2.30. The molecule has 0 amide bonds. The van der Waals surface area contributed by atoms with Crippen molar-refractivity contribution in [1.29, 1.82) is 0 Å². The van der Waals surface area contributed by atoms with Gasteiger partial charge in [0.2, 0.25) is 0 Å². The van der Waals surface area contributed by atoms with Crippen molar-refractivity contribution in [2.45, 2.75) is 12.5 Å². The first-order chi connectivity index (χ1) is 7.29. The molecular formula is C13H19NO. The van der Waals surface area contributed by atoms with Gasteiger partial charge in [-0.2, -0.15) is 0 Å². The van der Waals surface area contributed by atoms with Gasteiger partial charge in [0.1, 0.15) is 0 Å². The molecule has 1 heterocycles. The Morgan fingerprint density at radius 2 is 2.00 bits per heavy atom. The monoisotopic (exact) mass is 205 g/mol. The molecule has 1 aliphatic heterocycles. The van der Waals surface area contributed by atoms with Gasteiger partial charge >= 0.3 is 0 Å². The molecule has 2 heteroatoms. The van der Waals surface area contributed by atoms with Crippen LogP contribution < -0.4 is 0 Å². The molecule has 15 heavy (non-hydrogen) atoms. The van der Waals surface area contributed by atoms with Crippen LogP contribution in [0.5, 0.6) is 0 Å². The number of likely N-dealkylation sites (N-methyl/N-ethyl adjacent to an activating group) is 1. The van der Waals surface area contributed by atoms with Crippen LogP contribution in [0.25, 0.3) is 0 Å². The van der Waals surface area contributed by atoms with Crippen molar-refractivity contribution in [1.82, 2.24) is 4.90 Å². The van der Waals surface area contributed by atoms with Crippen LogP contribution in [0.3, 0.4) is 0 Å². The van der Waals surface area contributed by atoms with Crippen LogP contribution in [-0.4, -0.2) is 38.3 Å². The molecule has 1 aromatic carbocycles. The van der Waals surface area contributed by atoms with Gasteiger partial charge in [0.25, 0.3) is 0 Å². The zero-order valence-electron chi connectivity index (χ0n) is 9.52. The molecule has 1 aliphatic rings. The highest BCUT2D eigenvalue weighted by Crippen LogP contribution is 2.22. The minimum atomic E-state index is 0.398. The largest absolute Gasteiger partial charge is 0.380 e. The van der Waals surface area contributed by atoms with Crippen LogP contribution in [0.15, 0.2) is 30.3 Å². The van der Waals surface area contributed by atoms with Crippen molar-refractivity contribution < 1.29 is 4.74 Å². The summed E-state index contributed by atoms with van der Waals surface area (Å²) in [6.07, 6.45) is 1.53. The molecule has 1 aromatic rings. The fraction of sp³-hybridized carbons (Fsp3) is 0.538. The second kappa shape index (κ2) is 4.77. The highest BCUT2D eigenvalue weighted by molar-refractivity contribution is 5.16. The molecule has 1 saturated heterocycles. The van der Waals surface area contributed by atoms with Gasteiger partial charge in [-0.3, -0.25) is 0 Å². The Morgan fingerprint density at radius 1 is 1.27 bits per heavy atom. The first-order valence-corrected chi connectivity index (χ1v) is 5.55. The summed E-state index contributed by atoms with van der Waals surface area (Å²) in [6, 6.07) is 10.7. The van der Waals surface area contributed by atoms with Gasteiger partial charge in [-0.25, -0.2) is 0 Å². The van der Waals surface area contributed by atoms with Gasteiger partial charge in [0, 0.05) is 26.1 Å². The van der Waals surface area contributed by atoms with Crippen LogP contribution in [0.2, 0.25) is 0 Å². The molecule has 0 radical (unpaired) electrons. The molecule has 0 aromatic heterocycles. The van der Waals surface area contributed by atoms with Crippen LogP contribution >= 0.6 is 0 Å². The summed E-state index contributed by atoms with van der Waals surface area (Å²) in [5.41, 5.74) is 1.42. The van der Waals surface area contributed by atoms with E-state index in [2.05, 4.69) is 42.3 Å². The Hall–Kier alpha value is -0.860. The van der Waals surface area contributed by atoms with Crippen molar-refractivity contribution in [2.75, 3.05) is 27.2 Å². The fourth-order valence-electron chi connectivity index (χ4n) is 2.43. The molecule has 0 N–H and O–H groups in total. The topological polar surface area (TPSA) is 12.5 Å². The normalized spacial score (nSPS) is 27.1. The Labute approximate surface area is 91.9 Å². The van der Waals surface area contributed by atoms with Crippen LogP contribution in [0.4, 0.5) is 0 Å². The Kier molecular flexibility index (Phi) is 3.39. The third-order valence-electron chi connectivity index (χ3n) is 3.21. The smallest absolute Gasteiger partial charge is 0.0741 e. The lowest BCUT2D eigenvalue weighted by Crippen LogP contribution is -2.22. The number of methoxy groups -OCH3 is 1. The Balaban J connectivity index is 2.00. The average molecular weight is 205 g/mol. The molecule has 0 bridgehead atoms. The predicted molar refractivity (Wildman–Crippen MR) is 61.9 cm³/mol. The minimum Gasteiger partial charge on any atom is -0.380 e. The summed E-state index contributed by atoms with van der Waals surface area (Å²) in [4.78, 5) is 2.35. The van der Waals surface area contributed by atoms with E-state index in [4.69, 9.17) is 4.74 Å². The van der Waals surface area contributed by atoms with Crippen molar-refractivity contribution in [3.05, 3.63) is 35.9 Å². The molecule has 1 fully saturated rings. The van der Waals surface area contributed by atoms with Crippen molar-refractivity contribution in [3.63, 3.8) is 0 Å². The van der Waals surface area contributed by atoms with Gasteiger partial charge < -0.3 is 9.64 Å². The van der Waals surface area contributed by atoms with E-state index in [-0.39, 0.29) is 0 Å². The number of hydrogen-bond acceptors (Lipinski definition) is 2. The first-order valence-electron chi connectivity index (χ1n) is 5.55. The molecule has 2 nitrogen and oxygen atoms in total. The maximum Gasteiger partial charge on any atom is 0.0741 e. The fourth-order valence-corrected chi connectivity index (χ4v) is 2.43. The molecule has 0 unspecified atom stereocenters. The van der Waals surface area contributed by atoms with E-state index in [1.54, 1.807) is 0 Å². The van der Waals surface area contributed by atoms with E-state index < -0.39 is 0 Å². The molecular weight excluding hydrogens is 186 g/mol. The zero-order valence-corrected chi connectivity index (χ0v) is 9.52. The number of nitrogens with zero attached hydrogens (tertiary/aromatic N) is 1. The zero-order chi connectivity index (χ0) is 10.7. The third-order valence-corrected chi connectivity index (χ3v) is 3.21. The molecule has 0 saturated carbocycles. The summed E-state index contributed by atoms with van der Waals surface area (Å²) in [5, 5.41) is 0. The molecule has 0 spiro atoms. The predicted octanol–water partition coefficient (Wildman–Crippen LogP) is 1.81. The van der Waals surface area contributed by atoms with E-state index in [0.717, 1.165) is 19.5 Å². The number of rotatable bonds is 3. The van der Waals surface area contributed by atoms with Crippen LogP contribution in [0, 0.1) is 5.92 Å². The minimum absolute atomic E-state index is 0.398. The average Bonchev–Trinajstić information content (AvgIpc) is 2.60. The summed E-state index contributed by atoms with van der Waals surface area (Å²) < 4.78 is 5.52. The molecule has 2 rings (SSSR count). The van der Waals surface area contributed by atoms with Crippen LogP contribution in [-0.2, 0) is 11.2 Å². The number of benzene rings is 1. The van der Waals surface area contributed by atoms with Crippen molar-refractivity contribution in [3.8, 4) is 0 Å². The van der Waals surface area contributed by atoms with E-state index in [1.807, 2.05) is 7.11 Å². The number of ether oxygens (including phenoxy) is 1. The quantitative estimate of drug-likeness (QED) is 0.746. The van der Waals surface area contributed by atoms with Gasteiger partial charge in [0.05, 0.1) is 6.10 Å². The summed E-state index contributed by atoms with van der Waals surface area (Å²) >= 11 is 0. The van der Waals surface area contributed by atoms with Gasteiger partial charge in [0.15, 0.2) is 0 Å². The molecule has 2 atom stereocenters. The summed E-state index contributed by atoms with van der Waals surface area (Å²) in [6.45, 7) is 2.21. The maximum absolute atomic E-state index is 5.52. The second-order valence-corrected chi connectivity index (χ2v) is 4.45. The van der Waals surface area contributed by atoms with Gasteiger partial charge in [-0.1, -0.05) is 30.3 Å². The van der Waals surface area contributed by atoms with E-state index in [1.165, 1.54) is 5.56 Å². The highest BCUT2D eigenvalue weighted by atomic mass is 16.5. The van der Waals surface area contributed by atoms with E-state index in [0.29, 0.717) is 12.0 Å². The molecule has 0 aliphatic carbocycles. The van der Waals surface area contributed by atoms with Crippen molar-refractivity contribution in [2.24, 2.45) is 5.92 Å². The lowest BCUT2D eigenvalue weighted by atomic mass is 9.97. The summed E-state index contributed by atoms with van der Waals surface area (Å²) in [7, 11) is 3.98. The van der Waals surface area contributed by atoms with Crippen molar-refractivity contribution >= 4 is 0 Å². The van der Waals surface area contributed by atoms with E-state index in [9.17, 15) is 0 Å². The second-order valence-electron chi connectivity index (χ2n) is 4.45. The van der Waals surface area contributed by atoms with Gasteiger partial charge in [-0.05, 0) is 19.0 Å². The lowest BCUT2D eigenvalue weighted by molar-refractivity contribution is 0.0798. The lowest BCUT2D eigenvalue weighted by Gasteiger charge is -2.16. The molecule has 82 valence electrons. The summed E-state index contributed by atoms with van der Waals surface area (Å²) in [5.74, 6) is 0.641. The number of hydrogen-bond donors (Lipinski definition) is 0. The van der Waals surface area contributed by atoms with Gasteiger partial charge in [-0.15, -0.1) is 0 Å². The Morgan fingerprint density at radius 3 is 2.67 bits per heavy atom. The third kappa shape index (κ3) is 2.58. The Bertz CT molecular complexity index is 299. The van der Waals surface area contributed by atoms with Crippen LogP contribution in [0.1, 0.15) is 5.56 Å². The van der Waals surface area contributed by atoms with E-state index >= 15 is 0 Å². The standard InChI is InChI=1S/C13H19NO/c1-14-9-12(13(10-14)15-2)8-11-6-4-3-5-7-11/h3-7,12-13H,8-10H2,1-2H3/t12-,13-/m1/s1. The SMILES string of the molecule is CO[C@@H]1CN(C)C[C@H]1Cc1ccccc1. The maximum atomic E-state index is 5.52.